The van der Waals surface area contributed by atoms with Gasteiger partial charge in [-0.05, 0) is 50.3 Å². The molecule has 1 heterocycles. The lowest BCUT2D eigenvalue weighted by atomic mass is 9.96. The molecule has 10 heteroatoms. The summed E-state index contributed by atoms with van der Waals surface area (Å²) >= 11 is 5.79. The molecule has 8 nitrogen and oxygen atoms in total. The van der Waals surface area contributed by atoms with Gasteiger partial charge < -0.3 is 5.32 Å². The van der Waals surface area contributed by atoms with E-state index in [0.717, 1.165) is 18.9 Å². The number of halogens is 1. The number of nitro groups is 1. The lowest BCUT2D eigenvalue weighted by molar-refractivity contribution is -0.384. The minimum absolute atomic E-state index is 0.0130. The molecule has 0 aliphatic carbocycles. The van der Waals surface area contributed by atoms with E-state index < -0.39 is 20.6 Å². The molecule has 1 fully saturated rings. The van der Waals surface area contributed by atoms with Crippen molar-refractivity contribution in [1.29, 1.82) is 0 Å². The van der Waals surface area contributed by atoms with Crippen molar-refractivity contribution in [3.63, 3.8) is 0 Å². The first-order chi connectivity index (χ1) is 15.2. The number of nitrogens with one attached hydrogen (secondary N) is 1. The van der Waals surface area contributed by atoms with Crippen molar-refractivity contribution in [3.8, 4) is 0 Å². The van der Waals surface area contributed by atoms with E-state index in [1.165, 1.54) is 22.0 Å². The standard InChI is InChI=1S/C22H26ClN3O5S/c1-16(7-8-17-5-3-2-4-6-17)24-22(27)18-11-13-25(14-12-18)32(30,31)19-9-10-20(23)21(15-19)26(28)29/h2-6,9-10,15-16,18H,7-8,11-14H2,1H3,(H,24,27). The number of nitro benzene ring substituents is 1. The molecule has 172 valence electrons. The molecular weight excluding hydrogens is 454 g/mol. The van der Waals surface area contributed by atoms with E-state index >= 15 is 0 Å². The van der Waals surface area contributed by atoms with Crippen molar-refractivity contribution in [1.82, 2.24) is 9.62 Å². The third kappa shape index (κ3) is 5.85. The number of rotatable bonds is 8. The Balaban J connectivity index is 1.54. The summed E-state index contributed by atoms with van der Waals surface area (Å²) in [4.78, 5) is 22.8. The molecule has 1 saturated heterocycles. The fourth-order valence-electron chi connectivity index (χ4n) is 3.76. The summed E-state index contributed by atoms with van der Waals surface area (Å²) in [6, 6.07) is 13.5. The molecule has 2 aromatic carbocycles. The fourth-order valence-corrected chi connectivity index (χ4v) is 5.44. The van der Waals surface area contributed by atoms with Gasteiger partial charge in [-0.2, -0.15) is 4.31 Å². The highest BCUT2D eigenvalue weighted by molar-refractivity contribution is 7.89. The molecule has 1 aliphatic rings. The van der Waals surface area contributed by atoms with Gasteiger partial charge in [0.25, 0.3) is 5.69 Å². The minimum Gasteiger partial charge on any atom is -0.353 e. The van der Waals surface area contributed by atoms with Gasteiger partial charge in [-0.15, -0.1) is 0 Å². The highest BCUT2D eigenvalue weighted by Crippen LogP contribution is 2.30. The van der Waals surface area contributed by atoms with Crippen molar-refractivity contribution >= 4 is 33.2 Å². The predicted molar refractivity (Wildman–Crippen MR) is 122 cm³/mol. The second kappa shape index (κ2) is 10.4. The van der Waals surface area contributed by atoms with Crippen LogP contribution in [0.5, 0.6) is 0 Å². The number of hydrogen-bond donors (Lipinski definition) is 1. The first-order valence-electron chi connectivity index (χ1n) is 10.5. The number of hydrogen-bond acceptors (Lipinski definition) is 5. The Morgan fingerprint density at radius 1 is 1.22 bits per heavy atom. The monoisotopic (exact) mass is 479 g/mol. The van der Waals surface area contributed by atoms with E-state index in [0.29, 0.717) is 12.8 Å². The number of carbonyl (C=O) groups excluding carboxylic acids is 1. The van der Waals surface area contributed by atoms with Gasteiger partial charge in [0.1, 0.15) is 5.02 Å². The Kier molecular flexibility index (Phi) is 7.86. The topological polar surface area (TPSA) is 110 Å². The maximum absolute atomic E-state index is 12.9. The molecule has 1 N–H and O–H groups in total. The number of piperidine rings is 1. The average molecular weight is 480 g/mol. The van der Waals surface area contributed by atoms with Crippen molar-refractivity contribution in [2.75, 3.05) is 13.1 Å². The second-order valence-corrected chi connectivity index (χ2v) is 10.3. The Bertz CT molecular complexity index is 1070. The van der Waals surface area contributed by atoms with Crippen LogP contribution < -0.4 is 5.32 Å². The zero-order chi connectivity index (χ0) is 23.3. The van der Waals surface area contributed by atoms with Gasteiger partial charge in [0.15, 0.2) is 0 Å². The van der Waals surface area contributed by atoms with Gasteiger partial charge >= 0.3 is 0 Å². The number of nitrogens with zero attached hydrogens (tertiary/aromatic N) is 2. The molecule has 1 aliphatic heterocycles. The summed E-state index contributed by atoms with van der Waals surface area (Å²) in [5.41, 5.74) is 0.765. The van der Waals surface area contributed by atoms with Crippen LogP contribution in [0, 0.1) is 16.0 Å². The summed E-state index contributed by atoms with van der Waals surface area (Å²) in [7, 11) is -3.91. The van der Waals surface area contributed by atoms with Crippen molar-refractivity contribution < 1.29 is 18.1 Å². The maximum Gasteiger partial charge on any atom is 0.289 e. The third-order valence-electron chi connectivity index (χ3n) is 5.67. The summed E-state index contributed by atoms with van der Waals surface area (Å²) in [5, 5.41) is 14.0. The van der Waals surface area contributed by atoms with E-state index in [1.807, 2.05) is 25.1 Å². The van der Waals surface area contributed by atoms with E-state index in [2.05, 4.69) is 17.4 Å². The van der Waals surface area contributed by atoms with E-state index in [9.17, 15) is 23.3 Å². The molecule has 1 unspecified atom stereocenters. The number of amides is 1. The number of benzene rings is 2. The molecule has 0 radical (unpaired) electrons. The van der Waals surface area contributed by atoms with Gasteiger partial charge in [-0.1, -0.05) is 41.9 Å². The predicted octanol–water partition coefficient (Wildman–Crippen LogP) is 3.79. The maximum atomic E-state index is 12.9. The van der Waals surface area contributed by atoms with Gasteiger partial charge in [-0.25, -0.2) is 8.42 Å². The Hall–Kier alpha value is -2.49. The van der Waals surface area contributed by atoms with Crippen LogP contribution in [0.25, 0.3) is 0 Å². The van der Waals surface area contributed by atoms with E-state index in [4.69, 9.17) is 11.6 Å². The largest absolute Gasteiger partial charge is 0.353 e. The fraction of sp³-hybridized carbons (Fsp3) is 0.409. The van der Waals surface area contributed by atoms with Gasteiger partial charge in [0.2, 0.25) is 15.9 Å². The zero-order valence-electron chi connectivity index (χ0n) is 17.7. The molecule has 0 aromatic heterocycles. The smallest absolute Gasteiger partial charge is 0.289 e. The van der Waals surface area contributed by atoms with Gasteiger partial charge in [0.05, 0.1) is 9.82 Å². The second-order valence-electron chi connectivity index (χ2n) is 7.98. The molecule has 2 aromatic rings. The van der Waals surface area contributed by atoms with E-state index in [1.54, 1.807) is 0 Å². The van der Waals surface area contributed by atoms with Crippen molar-refractivity contribution in [2.45, 2.75) is 43.5 Å². The quantitative estimate of drug-likeness (QED) is 0.457. The normalized spacial score (nSPS) is 16.4. The van der Waals surface area contributed by atoms with Crippen LogP contribution in [0.4, 0.5) is 5.69 Å². The average Bonchev–Trinajstić information content (AvgIpc) is 2.78. The molecule has 0 spiro atoms. The SMILES string of the molecule is CC(CCc1ccccc1)NC(=O)C1CCN(S(=O)(=O)c2ccc(Cl)c([N+](=O)[O-])c2)CC1. The highest BCUT2D eigenvalue weighted by Gasteiger charge is 2.33. The number of aryl methyl sites for hydroxylation is 1. The molecule has 3 rings (SSSR count). The van der Waals surface area contributed by atoms with Crippen LogP contribution in [0.3, 0.4) is 0 Å². The number of carbonyl (C=O) groups is 1. The summed E-state index contributed by atoms with van der Waals surface area (Å²) in [5.74, 6) is -0.329. The molecular formula is C22H26ClN3O5S. The van der Waals surface area contributed by atoms with Crippen LogP contribution >= 0.6 is 11.6 Å². The number of sulfonamides is 1. The molecule has 1 atom stereocenters. The molecule has 0 saturated carbocycles. The lowest BCUT2D eigenvalue weighted by Crippen LogP contribution is -2.44. The van der Waals surface area contributed by atoms with Gasteiger partial charge in [0, 0.05) is 31.1 Å². The molecule has 1 amide bonds. The summed E-state index contributed by atoms with van der Waals surface area (Å²) < 4.78 is 27.1. The Labute approximate surface area is 192 Å². The molecule has 0 bridgehead atoms. The van der Waals surface area contributed by atoms with Gasteiger partial charge in [-0.3, -0.25) is 14.9 Å². The first kappa shape index (κ1) is 24.2. The zero-order valence-corrected chi connectivity index (χ0v) is 19.3. The van der Waals surface area contributed by atoms with Crippen LogP contribution in [0.2, 0.25) is 5.02 Å². The highest BCUT2D eigenvalue weighted by atomic mass is 35.5. The lowest BCUT2D eigenvalue weighted by Gasteiger charge is -2.31. The first-order valence-corrected chi connectivity index (χ1v) is 12.3. The minimum atomic E-state index is -3.91. The summed E-state index contributed by atoms with van der Waals surface area (Å²) in [6.45, 7) is 2.32. The van der Waals surface area contributed by atoms with Crippen molar-refractivity contribution in [3.05, 3.63) is 69.2 Å². The summed E-state index contributed by atoms with van der Waals surface area (Å²) in [6.07, 6.45) is 2.48. The van der Waals surface area contributed by atoms with Crippen LogP contribution in [0.15, 0.2) is 53.4 Å². The third-order valence-corrected chi connectivity index (χ3v) is 7.89. The van der Waals surface area contributed by atoms with Crippen LogP contribution in [-0.4, -0.2) is 42.7 Å². The van der Waals surface area contributed by atoms with Crippen LogP contribution in [-0.2, 0) is 21.2 Å². The molecule has 32 heavy (non-hydrogen) atoms. The van der Waals surface area contributed by atoms with E-state index in [-0.39, 0.29) is 40.9 Å². The van der Waals surface area contributed by atoms with Crippen LogP contribution in [0.1, 0.15) is 31.7 Å². The Morgan fingerprint density at radius 3 is 2.50 bits per heavy atom. The van der Waals surface area contributed by atoms with Crippen molar-refractivity contribution in [2.24, 2.45) is 5.92 Å². The Morgan fingerprint density at radius 2 is 1.88 bits per heavy atom.